The van der Waals surface area contributed by atoms with Gasteiger partial charge < -0.3 is 20.4 Å². The van der Waals surface area contributed by atoms with Crippen molar-refractivity contribution < 1.29 is 9.53 Å². The van der Waals surface area contributed by atoms with E-state index in [1.54, 1.807) is 0 Å². The van der Waals surface area contributed by atoms with Gasteiger partial charge in [0.1, 0.15) is 6.04 Å². The lowest BCUT2D eigenvalue weighted by Gasteiger charge is -2.22. The molecule has 5 heteroatoms. The average molecular weight is 287 g/mol. The molecule has 1 atom stereocenters. The first kappa shape index (κ1) is 14.1. The van der Waals surface area contributed by atoms with Crippen molar-refractivity contribution in [2.45, 2.75) is 19.4 Å². The highest BCUT2D eigenvalue weighted by atomic mass is 16.5. The Morgan fingerprint density at radius 1 is 1.48 bits per heavy atom. The summed E-state index contributed by atoms with van der Waals surface area (Å²) in [6.07, 6.45) is 2.86. The fourth-order valence-corrected chi connectivity index (χ4v) is 2.75. The van der Waals surface area contributed by atoms with Crippen molar-refractivity contribution in [3.63, 3.8) is 0 Å². The first-order valence-electron chi connectivity index (χ1n) is 7.40. The number of H-pyrrole nitrogens is 1. The molecule has 1 amide bonds. The van der Waals surface area contributed by atoms with Crippen molar-refractivity contribution in [3.8, 4) is 0 Å². The number of morpholine rings is 1. The van der Waals surface area contributed by atoms with E-state index in [0.717, 1.165) is 13.0 Å². The standard InChI is InChI=1S/C16H21N3O2/c1-11-3-2-4-13-12(9-19-15(11)13)5-6-18-16(20)14-10-21-8-7-17-14/h2-4,9,14,17,19H,5-8,10H2,1H3,(H,18,20). The molecule has 1 unspecified atom stereocenters. The summed E-state index contributed by atoms with van der Waals surface area (Å²) in [5, 5.41) is 7.37. The molecule has 1 fully saturated rings. The van der Waals surface area contributed by atoms with Crippen LogP contribution in [0.25, 0.3) is 10.9 Å². The highest BCUT2D eigenvalue weighted by Crippen LogP contribution is 2.21. The molecule has 21 heavy (non-hydrogen) atoms. The van der Waals surface area contributed by atoms with Gasteiger partial charge in [0.05, 0.1) is 13.2 Å². The molecule has 2 heterocycles. The van der Waals surface area contributed by atoms with Crippen LogP contribution in [0.1, 0.15) is 11.1 Å². The lowest BCUT2D eigenvalue weighted by molar-refractivity contribution is -0.125. The topological polar surface area (TPSA) is 66.2 Å². The monoisotopic (exact) mass is 287 g/mol. The summed E-state index contributed by atoms with van der Waals surface area (Å²) in [5.41, 5.74) is 3.66. The van der Waals surface area contributed by atoms with Gasteiger partial charge in [-0.2, -0.15) is 0 Å². The molecule has 0 spiro atoms. The number of aryl methyl sites for hydroxylation is 1. The minimum absolute atomic E-state index is 0.0192. The van der Waals surface area contributed by atoms with E-state index in [1.165, 1.54) is 22.0 Å². The van der Waals surface area contributed by atoms with Crippen LogP contribution in [0.15, 0.2) is 24.4 Å². The maximum absolute atomic E-state index is 12.0. The van der Waals surface area contributed by atoms with Gasteiger partial charge in [-0.3, -0.25) is 4.79 Å². The summed E-state index contributed by atoms with van der Waals surface area (Å²) < 4.78 is 5.30. The summed E-state index contributed by atoms with van der Waals surface area (Å²) in [6.45, 7) is 4.60. The molecule has 0 aliphatic carbocycles. The molecular formula is C16H21N3O2. The Bertz CT molecular complexity index is 629. The van der Waals surface area contributed by atoms with E-state index in [1.807, 2.05) is 6.20 Å². The predicted octanol–water partition coefficient (Wildman–Crippen LogP) is 1.12. The van der Waals surface area contributed by atoms with Crippen LogP contribution in [-0.4, -0.2) is 43.2 Å². The predicted molar refractivity (Wildman–Crippen MR) is 82.4 cm³/mol. The lowest BCUT2D eigenvalue weighted by atomic mass is 10.1. The summed E-state index contributed by atoms with van der Waals surface area (Å²) in [4.78, 5) is 15.3. The number of carbonyl (C=O) groups is 1. The van der Waals surface area contributed by atoms with E-state index in [9.17, 15) is 4.79 Å². The second-order valence-corrected chi connectivity index (χ2v) is 5.43. The van der Waals surface area contributed by atoms with E-state index in [0.29, 0.717) is 19.8 Å². The summed E-state index contributed by atoms with van der Waals surface area (Å²) in [6, 6.07) is 6.06. The third-order valence-corrected chi connectivity index (χ3v) is 3.94. The number of aromatic amines is 1. The van der Waals surface area contributed by atoms with Crippen molar-refractivity contribution in [3.05, 3.63) is 35.5 Å². The van der Waals surface area contributed by atoms with E-state index < -0.39 is 0 Å². The SMILES string of the molecule is Cc1cccc2c(CCNC(=O)C3COCCN3)c[nH]c12. The largest absolute Gasteiger partial charge is 0.378 e. The maximum Gasteiger partial charge on any atom is 0.239 e. The molecule has 0 radical (unpaired) electrons. The number of nitrogens with one attached hydrogen (secondary N) is 3. The van der Waals surface area contributed by atoms with Gasteiger partial charge >= 0.3 is 0 Å². The quantitative estimate of drug-likeness (QED) is 0.789. The second kappa shape index (κ2) is 6.28. The summed E-state index contributed by atoms with van der Waals surface area (Å²) >= 11 is 0. The molecule has 1 aliphatic heterocycles. The number of rotatable bonds is 4. The Morgan fingerprint density at radius 2 is 2.38 bits per heavy atom. The van der Waals surface area contributed by atoms with Gasteiger partial charge in [0.25, 0.3) is 0 Å². The molecule has 1 aliphatic rings. The third-order valence-electron chi connectivity index (χ3n) is 3.94. The Balaban J connectivity index is 1.57. The van der Waals surface area contributed by atoms with E-state index >= 15 is 0 Å². The smallest absolute Gasteiger partial charge is 0.239 e. The van der Waals surface area contributed by atoms with Gasteiger partial charge in [0, 0.05) is 30.2 Å². The number of ether oxygens (including phenoxy) is 1. The number of carbonyl (C=O) groups excluding carboxylic acids is 1. The Hall–Kier alpha value is -1.85. The van der Waals surface area contributed by atoms with Crippen molar-refractivity contribution in [2.24, 2.45) is 0 Å². The van der Waals surface area contributed by atoms with Crippen LogP contribution in [-0.2, 0) is 16.0 Å². The van der Waals surface area contributed by atoms with Gasteiger partial charge in [0.2, 0.25) is 5.91 Å². The summed E-state index contributed by atoms with van der Waals surface area (Å²) in [7, 11) is 0. The number of para-hydroxylation sites is 1. The molecule has 112 valence electrons. The minimum atomic E-state index is -0.219. The zero-order valence-corrected chi connectivity index (χ0v) is 12.2. The highest BCUT2D eigenvalue weighted by Gasteiger charge is 2.20. The van der Waals surface area contributed by atoms with Crippen LogP contribution < -0.4 is 10.6 Å². The Labute approximate surface area is 124 Å². The first-order chi connectivity index (χ1) is 10.3. The molecule has 1 aromatic heterocycles. The molecule has 3 N–H and O–H groups in total. The van der Waals surface area contributed by atoms with Crippen molar-refractivity contribution >= 4 is 16.8 Å². The highest BCUT2D eigenvalue weighted by molar-refractivity contribution is 5.86. The number of hydrogen-bond donors (Lipinski definition) is 3. The van der Waals surface area contributed by atoms with E-state index in [2.05, 4.69) is 40.7 Å². The fraction of sp³-hybridized carbons (Fsp3) is 0.438. The van der Waals surface area contributed by atoms with Crippen LogP contribution in [0.5, 0.6) is 0 Å². The number of fused-ring (bicyclic) bond motifs is 1. The fourth-order valence-electron chi connectivity index (χ4n) is 2.75. The van der Waals surface area contributed by atoms with Gasteiger partial charge in [-0.15, -0.1) is 0 Å². The molecule has 1 aromatic carbocycles. The average Bonchev–Trinajstić information content (AvgIpc) is 2.93. The van der Waals surface area contributed by atoms with Gasteiger partial charge in [-0.25, -0.2) is 0 Å². The van der Waals surface area contributed by atoms with Gasteiger partial charge in [0.15, 0.2) is 0 Å². The molecule has 0 saturated carbocycles. The number of benzene rings is 1. The molecule has 5 nitrogen and oxygen atoms in total. The van der Waals surface area contributed by atoms with Crippen molar-refractivity contribution in [1.82, 2.24) is 15.6 Å². The minimum Gasteiger partial charge on any atom is -0.378 e. The first-order valence-corrected chi connectivity index (χ1v) is 7.40. The Kier molecular flexibility index (Phi) is 4.22. The summed E-state index contributed by atoms with van der Waals surface area (Å²) in [5.74, 6) is 0.0192. The maximum atomic E-state index is 12.0. The van der Waals surface area contributed by atoms with E-state index in [-0.39, 0.29) is 11.9 Å². The zero-order chi connectivity index (χ0) is 14.7. The van der Waals surface area contributed by atoms with Crippen molar-refractivity contribution in [2.75, 3.05) is 26.3 Å². The second-order valence-electron chi connectivity index (χ2n) is 5.43. The van der Waals surface area contributed by atoms with Crippen molar-refractivity contribution in [1.29, 1.82) is 0 Å². The Morgan fingerprint density at radius 3 is 3.19 bits per heavy atom. The molecule has 0 bridgehead atoms. The molecule has 3 rings (SSSR count). The van der Waals surface area contributed by atoms with Crippen LogP contribution in [0, 0.1) is 6.92 Å². The van der Waals surface area contributed by atoms with Crippen LogP contribution in [0.2, 0.25) is 0 Å². The molecule has 2 aromatic rings. The van der Waals surface area contributed by atoms with Gasteiger partial charge in [-0.1, -0.05) is 18.2 Å². The lowest BCUT2D eigenvalue weighted by Crippen LogP contribution is -2.51. The third kappa shape index (κ3) is 3.09. The van der Waals surface area contributed by atoms with Gasteiger partial charge in [-0.05, 0) is 24.5 Å². The van der Waals surface area contributed by atoms with Crippen LogP contribution in [0.3, 0.4) is 0 Å². The molecular weight excluding hydrogens is 266 g/mol. The zero-order valence-electron chi connectivity index (χ0n) is 12.2. The van der Waals surface area contributed by atoms with Crippen LogP contribution >= 0.6 is 0 Å². The number of aromatic nitrogens is 1. The number of amides is 1. The number of hydrogen-bond acceptors (Lipinski definition) is 3. The van der Waals surface area contributed by atoms with Crippen LogP contribution in [0.4, 0.5) is 0 Å². The van der Waals surface area contributed by atoms with E-state index in [4.69, 9.17) is 4.74 Å². The normalized spacial score (nSPS) is 18.8. The molecule has 1 saturated heterocycles.